The number of benzene rings is 2. The average molecular weight is 440 g/mol. The molecule has 2 heterocycles. The molecule has 1 amide bonds. The van der Waals surface area contributed by atoms with Crippen LogP contribution in [0.4, 0.5) is 5.82 Å². The largest absolute Gasteiger partial charge is 0.497 e. The maximum Gasteiger partial charge on any atom is 0.226 e. The molecule has 0 spiro atoms. The van der Waals surface area contributed by atoms with Crippen molar-refractivity contribution in [1.82, 2.24) is 9.78 Å². The first-order valence-corrected chi connectivity index (χ1v) is 9.61. The molecule has 0 saturated heterocycles. The van der Waals surface area contributed by atoms with Crippen molar-refractivity contribution in [3.05, 3.63) is 69.8 Å². The Hall–Kier alpha value is -2.93. The molecule has 1 aliphatic rings. The van der Waals surface area contributed by atoms with Crippen LogP contribution in [0.25, 0.3) is 5.69 Å². The van der Waals surface area contributed by atoms with Gasteiger partial charge in [-0.1, -0.05) is 15.9 Å². The van der Waals surface area contributed by atoms with Crippen molar-refractivity contribution in [3.8, 4) is 11.4 Å². The predicted octanol–water partition coefficient (Wildman–Crippen LogP) is 4.26. The summed E-state index contributed by atoms with van der Waals surface area (Å²) in [6.45, 7) is 1.86. The third kappa shape index (κ3) is 3.22. The topological polar surface area (TPSA) is 73.2 Å². The number of fused-ring (bicyclic) bond motifs is 1. The number of hydrogen-bond donors (Lipinski definition) is 1. The van der Waals surface area contributed by atoms with Gasteiger partial charge in [0.1, 0.15) is 11.6 Å². The number of carbonyl (C=O) groups is 2. The van der Waals surface area contributed by atoms with Crippen LogP contribution in [0.2, 0.25) is 0 Å². The van der Waals surface area contributed by atoms with E-state index in [0.29, 0.717) is 17.1 Å². The number of amides is 1. The summed E-state index contributed by atoms with van der Waals surface area (Å²) in [5, 5.41) is 7.49. The number of aromatic nitrogens is 2. The summed E-state index contributed by atoms with van der Waals surface area (Å²) in [7, 11) is 1.58. The predicted molar refractivity (Wildman–Crippen MR) is 109 cm³/mol. The van der Waals surface area contributed by atoms with E-state index >= 15 is 0 Å². The lowest BCUT2D eigenvalue weighted by molar-refractivity contribution is -0.116. The van der Waals surface area contributed by atoms with Crippen LogP contribution in [0.3, 0.4) is 0 Å². The first-order chi connectivity index (χ1) is 13.5. The number of rotatable bonds is 4. The number of methoxy groups -OCH3 is 1. The van der Waals surface area contributed by atoms with E-state index in [1.165, 1.54) is 0 Å². The van der Waals surface area contributed by atoms with Crippen LogP contribution in [-0.2, 0) is 4.79 Å². The van der Waals surface area contributed by atoms with Crippen molar-refractivity contribution in [3.63, 3.8) is 0 Å². The Morgan fingerprint density at radius 3 is 2.50 bits per heavy atom. The van der Waals surface area contributed by atoms with E-state index in [1.54, 1.807) is 36.1 Å². The summed E-state index contributed by atoms with van der Waals surface area (Å²) in [4.78, 5) is 25.6. The van der Waals surface area contributed by atoms with Gasteiger partial charge in [-0.05, 0) is 55.5 Å². The smallest absolute Gasteiger partial charge is 0.226 e. The maximum atomic E-state index is 13.2. The van der Waals surface area contributed by atoms with E-state index in [9.17, 15) is 9.59 Å². The SMILES string of the molecule is COc1ccc(C(=O)[C@@H]2CC(=O)Nc3c2c(C)nn3-c2ccc(Br)cc2)cc1. The summed E-state index contributed by atoms with van der Waals surface area (Å²) < 4.78 is 7.79. The zero-order valence-corrected chi connectivity index (χ0v) is 17.0. The number of hydrogen-bond acceptors (Lipinski definition) is 4. The van der Waals surface area contributed by atoms with Gasteiger partial charge in [-0.15, -0.1) is 0 Å². The van der Waals surface area contributed by atoms with E-state index in [2.05, 4.69) is 26.3 Å². The highest BCUT2D eigenvalue weighted by molar-refractivity contribution is 9.10. The van der Waals surface area contributed by atoms with Crippen LogP contribution >= 0.6 is 15.9 Å². The van der Waals surface area contributed by atoms with Gasteiger partial charge >= 0.3 is 0 Å². The molecule has 3 aromatic rings. The van der Waals surface area contributed by atoms with E-state index in [0.717, 1.165) is 21.4 Å². The van der Waals surface area contributed by atoms with Gasteiger partial charge in [0, 0.05) is 22.0 Å². The number of carbonyl (C=O) groups excluding carboxylic acids is 2. The molecule has 4 rings (SSSR count). The highest BCUT2D eigenvalue weighted by atomic mass is 79.9. The summed E-state index contributed by atoms with van der Waals surface area (Å²) in [6.07, 6.45) is 0.102. The van der Waals surface area contributed by atoms with Crippen molar-refractivity contribution in [2.24, 2.45) is 0 Å². The minimum absolute atomic E-state index is 0.0998. The number of ether oxygens (including phenoxy) is 1. The summed E-state index contributed by atoms with van der Waals surface area (Å²) in [6, 6.07) is 14.6. The Kier molecular flexibility index (Phi) is 4.77. The van der Waals surface area contributed by atoms with Crippen LogP contribution in [0.1, 0.15) is 34.0 Å². The lowest BCUT2D eigenvalue weighted by atomic mass is 9.85. The molecular weight excluding hydrogens is 422 g/mol. The Morgan fingerprint density at radius 2 is 1.86 bits per heavy atom. The van der Waals surface area contributed by atoms with Gasteiger partial charge in [-0.25, -0.2) is 4.68 Å². The van der Waals surface area contributed by atoms with Gasteiger partial charge in [0.2, 0.25) is 5.91 Å². The minimum atomic E-state index is -0.568. The van der Waals surface area contributed by atoms with Crippen molar-refractivity contribution in [2.75, 3.05) is 12.4 Å². The molecule has 0 bridgehead atoms. The Labute approximate surface area is 170 Å². The van der Waals surface area contributed by atoms with Crippen LogP contribution in [-0.4, -0.2) is 28.6 Å². The van der Waals surface area contributed by atoms with E-state index < -0.39 is 5.92 Å². The first kappa shape index (κ1) is 18.4. The Balaban J connectivity index is 1.77. The number of Topliss-reactive ketones (excluding diaryl/α,β-unsaturated/α-hetero) is 1. The lowest BCUT2D eigenvalue weighted by Gasteiger charge is -2.23. The fraction of sp³-hybridized carbons (Fsp3) is 0.190. The van der Waals surface area contributed by atoms with Gasteiger partial charge in [-0.3, -0.25) is 9.59 Å². The zero-order valence-electron chi connectivity index (χ0n) is 15.4. The highest BCUT2D eigenvalue weighted by Gasteiger charge is 2.36. The molecule has 0 fully saturated rings. The molecule has 0 unspecified atom stereocenters. The van der Waals surface area contributed by atoms with Crippen LogP contribution in [0.5, 0.6) is 5.75 Å². The number of anilines is 1. The van der Waals surface area contributed by atoms with Crippen molar-refractivity contribution in [1.29, 1.82) is 0 Å². The normalized spacial score (nSPS) is 15.7. The summed E-state index contributed by atoms with van der Waals surface area (Å²) >= 11 is 3.42. The second-order valence-corrected chi connectivity index (χ2v) is 7.55. The molecule has 2 aromatic carbocycles. The summed E-state index contributed by atoms with van der Waals surface area (Å²) in [5.41, 5.74) is 2.85. The molecule has 1 atom stereocenters. The molecule has 142 valence electrons. The van der Waals surface area contributed by atoms with Crippen molar-refractivity contribution < 1.29 is 14.3 Å². The Morgan fingerprint density at radius 1 is 1.18 bits per heavy atom. The van der Waals surface area contributed by atoms with Gasteiger partial charge in [0.25, 0.3) is 0 Å². The van der Waals surface area contributed by atoms with E-state index in [4.69, 9.17) is 4.74 Å². The minimum Gasteiger partial charge on any atom is -0.497 e. The lowest BCUT2D eigenvalue weighted by Crippen LogP contribution is -2.28. The van der Waals surface area contributed by atoms with Gasteiger partial charge < -0.3 is 10.1 Å². The third-order valence-corrected chi connectivity index (χ3v) is 5.39. The van der Waals surface area contributed by atoms with E-state index in [-0.39, 0.29) is 18.1 Å². The molecule has 0 radical (unpaired) electrons. The van der Waals surface area contributed by atoms with Crippen LogP contribution in [0.15, 0.2) is 53.0 Å². The average Bonchev–Trinajstić information content (AvgIpc) is 3.03. The highest BCUT2D eigenvalue weighted by Crippen LogP contribution is 2.38. The van der Waals surface area contributed by atoms with Crippen molar-refractivity contribution in [2.45, 2.75) is 19.3 Å². The third-order valence-electron chi connectivity index (χ3n) is 4.86. The zero-order chi connectivity index (χ0) is 19.8. The van der Waals surface area contributed by atoms with Crippen LogP contribution < -0.4 is 10.1 Å². The molecule has 1 aliphatic heterocycles. The molecule has 7 heteroatoms. The number of nitrogens with zero attached hydrogens (tertiary/aromatic N) is 2. The molecule has 0 saturated carbocycles. The number of aryl methyl sites for hydroxylation is 1. The molecule has 0 aliphatic carbocycles. The monoisotopic (exact) mass is 439 g/mol. The fourth-order valence-corrected chi connectivity index (χ4v) is 3.76. The van der Waals surface area contributed by atoms with Crippen LogP contribution in [0, 0.1) is 6.92 Å². The maximum absolute atomic E-state index is 13.2. The number of nitrogens with one attached hydrogen (secondary N) is 1. The van der Waals surface area contributed by atoms with E-state index in [1.807, 2.05) is 31.2 Å². The molecule has 1 N–H and O–H groups in total. The second kappa shape index (κ2) is 7.24. The molecule has 6 nitrogen and oxygen atoms in total. The van der Waals surface area contributed by atoms with Gasteiger partial charge in [-0.2, -0.15) is 5.10 Å². The fourth-order valence-electron chi connectivity index (χ4n) is 3.50. The van der Waals surface area contributed by atoms with Gasteiger partial charge in [0.05, 0.1) is 24.4 Å². The first-order valence-electron chi connectivity index (χ1n) is 8.81. The quantitative estimate of drug-likeness (QED) is 0.616. The molecular formula is C21H18BrN3O3. The molecule has 28 heavy (non-hydrogen) atoms. The Bertz CT molecular complexity index is 1060. The van der Waals surface area contributed by atoms with Crippen molar-refractivity contribution >= 4 is 33.4 Å². The second-order valence-electron chi connectivity index (χ2n) is 6.63. The molecule has 1 aromatic heterocycles. The standard InChI is InChI=1S/C21H18BrN3O3/c1-12-19-17(20(27)13-3-9-16(28-2)10-4-13)11-18(26)23-21(19)25(24-12)15-7-5-14(22)6-8-15/h3-10,17H,11H2,1-2H3,(H,23,26)/t17-/m1/s1. The number of ketones is 1. The summed E-state index contributed by atoms with van der Waals surface area (Å²) in [5.74, 6) is 0.372. The number of halogens is 1. The van der Waals surface area contributed by atoms with Gasteiger partial charge in [0.15, 0.2) is 5.78 Å².